The van der Waals surface area contributed by atoms with Crippen molar-refractivity contribution >= 4 is 28.5 Å². The van der Waals surface area contributed by atoms with Gasteiger partial charge in [0.15, 0.2) is 5.58 Å². The van der Waals surface area contributed by atoms with Crippen molar-refractivity contribution in [2.45, 2.75) is 18.9 Å². The summed E-state index contributed by atoms with van der Waals surface area (Å²) in [7, 11) is 0. The number of H-pyrrole nitrogens is 1. The maximum atomic E-state index is 12.3. The van der Waals surface area contributed by atoms with E-state index in [0.717, 1.165) is 12.8 Å². The van der Waals surface area contributed by atoms with Gasteiger partial charge in [-0.1, -0.05) is 0 Å². The van der Waals surface area contributed by atoms with Crippen molar-refractivity contribution in [2.24, 2.45) is 0 Å². The average Bonchev–Trinajstić information content (AvgIpc) is 3.26. The molecule has 1 amide bonds. The van der Waals surface area contributed by atoms with Crippen LogP contribution in [0.5, 0.6) is 0 Å². The van der Waals surface area contributed by atoms with E-state index in [1.807, 2.05) is 0 Å². The largest absolute Gasteiger partial charge is 0.417 e. The smallest absolute Gasteiger partial charge is 0.408 e. The molecule has 0 bridgehead atoms. The van der Waals surface area contributed by atoms with Crippen molar-refractivity contribution < 1.29 is 9.21 Å². The number of fused-ring (bicyclic) bond motifs is 1. The number of hydrogen-bond acceptors (Lipinski definition) is 5. The number of pyridine rings is 1. The molecular formula is C16H14N4O3. The molecule has 2 aromatic heterocycles. The summed E-state index contributed by atoms with van der Waals surface area (Å²) in [6.07, 6.45) is 3.89. The fourth-order valence-corrected chi connectivity index (χ4v) is 2.32. The molecule has 0 aliphatic heterocycles. The third-order valence-electron chi connectivity index (χ3n) is 3.63. The zero-order valence-electron chi connectivity index (χ0n) is 12.1. The zero-order chi connectivity index (χ0) is 15.8. The average molecular weight is 310 g/mol. The van der Waals surface area contributed by atoms with E-state index in [1.54, 1.807) is 36.5 Å². The van der Waals surface area contributed by atoms with Gasteiger partial charge in [-0.05, 0) is 43.2 Å². The number of benzene rings is 1. The van der Waals surface area contributed by atoms with Crippen LogP contribution in [-0.4, -0.2) is 21.9 Å². The van der Waals surface area contributed by atoms with E-state index in [9.17, 15) is 9.59 Å². The Bertz CT molecular complexity index is 940. The maximum absolute atomic E-state index is 12.3. The first-order chi connectivity index (χ1) is 11.2. The second-order valence-electron chi connectivity index (χ2n) is 5.53. The van der Waals surface area contributed by atoms with Crippen LogP contribution in [0.1, 0.15) is 23.2 Å². The van der Waals surface area contributed by atoms with Gasteiger partial charge in [0.25, 0.3) is 5.91 Å². The molecular weight excluding hydrogens is 296 g/mol. The third kappa shape index (κ3) is 2.94. The van der Waals surface area contributed by atoms with Gasteiger partial charge in [0, 0.05) is 23.5 Å². The number of carbonyl (C=O) groups excluding carboxylic acids is 1. The molecule has 2 heterocycles. The van der Waals surface area contributed by atoms with Gasteiger partial charge in [0.05, 0.1) is 5.52 Å². The number of hydrogen-bond donors (Lipinski definition) is 3. The Kier molecular flexibility index (Phi) is 3.11. The molecule has 0 unspecified atom stereocenters. The Morgan fingerprint density at radius 2 is 2.13 bits per heavy atom. The molecule has 1 fully saturated rings. The maximum Gasteiger partial charge on any atom is 0.417 e. The van der Waals surface area contributed by atoms with Gasteiger partial charge in [0.2, 0.25) is 0 Å². The summed E-state index contributed by atoms with van der Waals surface area (Å²) >= 11 is 0. The molecule has 3 N–H and O–H groups in total. The van der Waals surface area contributed by atoms with Crippen LogP contribution >= 0.6 is 0 Å². The first-order valence-corrected chi connectivity index (χ1v) is 7.34. The molecule has 0 radical (unpaired) electrons. The van der Waals surface area contributed by atoms with E-state index in [4.69, 9.17) is 4.42 Å². The highest BCUT2D eigenvalue weighted by molar-refractivity contribution is 6.05. The number of aromatic amines is 1. The lowest BCUT2D eigenvalue weighted by atomic mass is 10.2. The molecule has 1 aromatic carbocycles. The number of nitrogens with zero attached hydrogens (tertiary/aromatic N) is 1. The molecule has 7 nitrogen and oxygen atoms in total. The molecule has 1 aliphatic carbocycles. The van der Waals surface area contributed by atoms with Crippen molar-refractivity contribution in [3.8, 4) is 0 Å². The summed E-state index contributed by atoms with van der Waals surface area (Å²) in [5.41, 5.74) is 2.09. The highest BCUT2D eigenvalue weighted by Crippen LogP contribution is 2.24. The van der Waals surface area contributed by atoms with Crippen LogP contribution in [0.2, 0.25) is 0 Å². The lowest BCUT2D eigenvalue weighted by molar-refractivity contribution is 0.102. The van der Waals surface area contributed by atoms with E-state index < -0.39 is 5.76 Å². The predicted molar refractivity (Wildman–Crippen MR) is 85.7 cm³/mol. The lowest BCUT2D eigenvalue weighted by Crippen LogP contribution is -2.13. The standard InChI is InChI=1S/C16H14N4O3/c21-15(9-5-6-17-14(7-9)18-10-1-2-10)19-11-3-4-13-12(8-11)20-16(22)23-13/h3-8,10H,1-2H2,(H,17,18)(H,19,21)(H,20,22). The van der Waals surface area contributed by atoms with Gasteiger partial charge in [-0.25, -0.2) is 9.78 Å². The molecule has 7 heteroatoms. The number of amides is 1. The van der Waals surface area contributed by atoms with Crippen LogP contribution in [-0.2, 0) is 0 Å². The Hall–Kier alpha value is -3.09. The van der Waals surface area contributed by atoms with Gasteiger partial charge in [-0.15, -0.1) is 0 Å². The molecule has 4 rings (SSSR count). The van der Waals surface area contributed by atoms with Crippen LogP contribution in [0.15, 0.2) is 45.7 Å². The summed E-state index contributed by atoms with van der Waals surface area (Å²) in [6.45, 7) is 0. The molecule has 0 saturated heterocycles. The Balaban J connectivity index is 1.54. The summed E-state index contributed by atoms with van der Waals surface area (Å²) in [6, 6.07) is 8.83. The van der Waals surface area contributed by atoms with Crippen LogP contribution in [0.25, 0.3) is 11.1 Å². The van der Waals surface area contributed by atoms with Gasteiger partial charge in [0.1, 0.15) is 5.82 Å². The first-order valence-electron chi connectivity index (χ1n) is 7.34. The number of rotatable bonds is 4. The van der Waals surface area contributed by atoms with Crippen LogP contribution < -0.4 is 16.4 Å². The molecule has 23 heavy (non-hydrogen) atoms. The second kappa shape index (κ2) is 5.28. The topological polar surface area (TPSA) is 100 Å². The van der Waals surface area contributed by atoms with Crippen LogP contribution in [0.4, 0.5) is 11.5 Å². The lowest BCUT2D eigenvalue weighted by Gasteiger charge is -2.07. The summed E-state index contributed by atoms with van der Waals surface area (Å²) < 4.78 is 4.93. The number of carbonyl (C=O) groups is 1. The van der Waals surface area contributed by atoms with Crippen molar-refractivity contribution in [3.63, 3.8) is 0 Å². The van der Waals surface area contributed by atoms with Crippen molar-refractivity contribution in [2.75, 3.05) is 10.6 Å². The van der Waals surface area contributed by atoms with Gasteiger partial charge >= 0.3 is 5.76 Å². The minimum absolute atomic E-state index is 0.239. The number of nitrogens with one attached hydrogen (secondary N) is 3. The summed E-state index contributed by atoms with van der Waals surface area (Å²) in [5, 5.41) is 6.06. The van der Waals surface area contributed by atoms with Crippen LogP contribution in [0.3, 0.4) is 0 Å². The molecule has 116 valence electrons. The fourth-order valence-electron chi connectivity index (χ4n) is 2.32. The fraction of sp³-hybridized carbons (Fsp3) is 0.188. The summed E-state index contributed by atoms with van der Waals surface area (Å²) in [4.78, 5) is 30.3. The molecule has 1 saturated carbocycles. The highest BCUT2D eigenvalue weighted by atomic mass is 16.4. The molecule has 3 aromatic rings. The van der Waals surface area contributed by atoms with E-state index in [-0.39, 0.29) is 5.91 Å². The molecule has 1 aliphatic rings. The van der Waals surface area contributed by atoms with Gasteiger partial charge in [-0.2, -0.15) is 0 Å². The SMILES string of the molecule is O=C(Nc1ccc2oc(=O)[nH]c2c1)c1ccnc(NC2CC2)c1. The van der Waals surface area contributed by atoms with Crippen molar-refractivity contribution in [1.29, 1.82) is 0 Å². The van der Waals surface area contributed by atoms with Crippen molar-refractivity contribution in [1.82, 2.24) is 9.97 Å². The minimum Gasteiger partial charge on any atom is -0.408 e. The monoisotopic (exact) mass is 310 g/mol. The number of aromatic nitrogens is 2. The Labute approximate surface area is 130 Å². The van der Waals surface area contributed by atoms with E-state index in [0.29, 0.717) is 34.2 Å². The summed E-state index contributed by atoms with van der Waals surface area (Å²) in [5.74, 6) is -0.0559. The van der Waals surface area contributed by atoms with E-state index >= 15 is 0 Å². The molecule has 0 spiro atoms. The number of oxazole rings is 1. The third-order valence-corrected chi connectivity index (χ3v) is 3.63. The van der Waals surface area contributed by atoms with E-state index in [2.05, 4.69) is 20.6 Å². The van der Waals surface area contributed by atoms with Gasteiger partial charge in [-0.3, -0.25) is 9.78 Å². The molecule has 0 atom stereocenters. The first kappa shape index (κ1) is 13.6. The van der Waals surface area contributed by atoms with Gasteiger partial charge < -0.3 is 15.1 Å². The highest BCUT2D eigenvalue weighted by Gasteiger charge is 2.21. The van der Waals surface area contributed by atoms with Crippen molar-refractivity contribution in [3.05, 3.63) is 52.6 Å². The predicted octanol–water partition coefficient (Wildman–Crippen LogP) is 2.34. The normalized spacial score (nSPS) is 13.9. The Morgan fingerprint density at radius 1 is 1.26 bits per heavy atom. The quantitative estimate of drug-likeness (QED) is 0.687. The minimum atomic E-state index is -0.520. The number of anilines is 2. The zero-order valence-corrected chi connectivity index (χ0v) is 12.1. The van der Waals surface area contributed by atoms with Crippen LogP contribution in [0, 0.1) is 0 Å². The van der Waals surface area contributed by atoms with E-state index in [1.165, 1.54) is 0 Å². The Morgan fingerprint density at radius 3 is 2.96 bits per heavy atom. The second-order valence-corrected chi connectivity index (χ2v) is 5.53.